The number of rotatable bonds is 5. The molecular formula is C16H21BrN2O3. The van der Waals surface area contributed by atoms with Gasteiger partial charge in [-0.05, 0) is 61.7 Å². The van der Waals surface area contributed by atoms with Crippen LogP contribution in [0.1, 0.15) is 39.3 Å². The summed E-state index contributed by atoms with van der Waals surface area (Å²) in [5.41, 5.74) is 0.137. The van der Waals surface area contributed by atoms with Crippen molar-refractivity contribution in [3.63, 3.8) is 0 Å². The summed E-state index contributed by atoms with van der Waals surface area (Å²) in [6, 6.07) is 5.59. The largest absolute Gasteiger partial charge is 0.444 e. The van der Waals surface area contributed by atoms with Crippen LogP contribution in [0.25, 0.3) is 0 Å². The van der Waals surface area contributed by atoms with Gasteiger partial charge in [-0.15, -0.1) is 0 Å². The number of ketones is 1. The second-order valence-electron chi connectivity index (χ2n) is 6.51. The fourth-order valence-electron chi connectivity index (χ4n) is 2.05. The van der Waals surface area contributed by atoms with E-state index in [4.69, 9.17) is 4.74 Å². The maximum Gasteiger partial charge on any atom is 0.410 e. The lowest BCUT2D eigenvalue weighted by atomic mass is 10.2. The van der Waals surface area contributed by atoms with E-state index in [0.29, 0.717) is 10.3 Å². The second kappa shape index (κ2) is 6.77. The molecule has 0 spiro atoms. The molecule has 0 aliphatic heterocycles. The zero-order chi connectivity index (χ0) is 16.3. The van der Waals surface area contributed by atoms with Gasteiger partial charge in [-0.2, -0.15) is 0 Å². The molecule has 22 heavy (non-hydrogen) atoms. The highest BCUT2D eigenvalue weighted by atomic mass is 79.9. The van der Waals surface area contributed by atoms with E-state index >= 15 is 0 Å². The number of ether oxygens (including phenoxy) is 1. The van der Waals surface area contributed by atoms with Gasteiger partial charge >= 0.3 is 6.09 Å². The van der Waals surface area contributed by atoms with Crippen LogP contribution in [0.2, 0.25) is 0 Å². The van der Waals surface area contributed by atoms with Gasteiger partial charge in [0.2, 0.25) is 0 Å². The molecule has 2 rings (SSSR count). The zero-order valence-corrected chi connectivity index (χ0v) is 14.7. The van der Waals surface area contributed by atoms with Gasteiger partial charge in [0.25, 0.3) is 0 Å². The Hall–Kier alpha value is -1.43. The van der Waals surface area contributed by atoms with Crippen molar-refractivity contribution in [1.82, 2.24) is 9.88 Å². The maximum atomic E-state index is 12.2. The Morgan fingerprint density at radius 3 is 2.59 bits per heavy atom. The molecule has 5 nitrogen and oxygen atoms in total. The van der Waals surface area contributed by atoms with Gasteiger partial charge in [0, 0.05) is 11.7 Å². The van der Waals surface area contributed by atoms with Gasteiger partial charge in [-0.25, -0.2) is 9.78 Å². The maximum absolute atomic E-state index is 12.2. The number of Topliss-reactive ketones (excluding diaryl/α,β-unsaturated/α-hetero) is 1. The minimum Gasteiger partial charge on any atom is -0.444 e. The van der Waals surface area contributed by atoms with Gasteiger partial charge in [0.05, 0.1) is 13.0 Å². The summed E-state index contributed by atoms with van der Waals surface area (Å²) >= 11 is 3.29. The predicted molar refractivity (Wildman–Crippen MR) is 86.6 cm³/mol. The number of hydrogen-bond acceptors (Lipinski definition) is 4. The standard InChI is InChI=1S/C16H21BrN2O3/c1-16(2,3)22-15(21)19(12-7-8-12)10-13(20)9-11-5-4-6-14(17)18-11/h4-6,12H,7-10H2,1-3H3. The molecule has 1 aromatic rings. The first-order valence-corrected chi connectivity index (χ1v) is 8.16. The third-order valence-corrected chi connectivity index (χ3v) is 3.56. The van der Waals surface area contributed by atoms with E-state index in [1.807, 2.05) is 32.9 Å². The van der Waals surface area contributed by atoms with Gasteiger partial charge < -0.3 is 4.74 Å². The van der Waals surface area contributed by atoms with E-state index in [2.05, 4.69) is 20.9 Å². The molecule has 0 bridgehead atoms. The first kappa shape index (κ1) is 16.9. The molecule has 0 radical (unpaired) electrons. The van der Waals surface area contributed by atoms with E-state index < -0.39 is 11.7 Å². The molecule has 1 saturated carbocycles. The molecule has 6 heteroatoms. The van der Waals surface area contributed by atoms with Crippen LogP contribution < -0.4 is 0 Å². The van der Waals surface area contributed by atoms with Crippen molar-refractivity contribution in [3.8, 4) is 0 Å². The molecule has 0 unspecified atom stereocenters. The fourth-order valence-corrected chi connectivity index (χ4v) is 2.43. The highest BCUT2D eigenvalue weighted by Gasteiger charge is 2.36. The molecule has 0 saturated heterocycles. The summed E-state index contributed by atoms with van der Waals surface area (Å²) in [6.45, 7) is 5.55. The minimum absolute atomic E-state index is 0.0386. The molecule has 120 valence electrons. The van der Waals surface area contributed by atoms with E-state index in [-0.39, 0.29) is 24.8 Å². The van der Waals surface area contributed by atoms with E-state index in [9.17, 15) is 9.59 Å². The summed E-state index contributed by atoms with van der Waals surface area (Å²) in [5, 5.41) is 0. The van der Waals surface area contributed by atoms with E-state index in [1.54, 1.807) is 11.0 Å². The highest BCUT2D eigenvalue weighted by Crippen LogP contribution is 2.28. The zero-order valence-electron chi connectivity index (χ0n) is 13.1. The lowest BCUT2D eigenvalue weighted by Crippen LogP contribution is -2.41. The Morgan fingerprint density at radius 2 is 2.05 bits per heavy atom. The van der Waals surface area contributed by atoms with Crippen LogP contribution in [0.5, 0.6) is 0 Å². The lowest BCUT2D eigenvalue weighted by Gasteiger charge is -2.27. The first-order valence-electron chi connectivity index (χ1n) is 7.37. The van der Waals surface area contributed by atoms with Crippen molar-refractivity contribution >= 4 is 27.8 Å². The molecule has 1 aliphatic carbocycles. The Balaban J connectivity index is 1.96. The average Bonchev–Trinajstić information content (AvgIpc) is 3.17. The number of carbonyl (C=O) groups is 2. The normalized spacial score (nSPS) is 14.5. The van der Waals surface area contributed by atoms with Crippen molar-refractivity contribution in [1.29, 1.82) is 0 Å². The topological polar surface area (TPSA) is 59.5 Å². The van der Waals surface area contributed by atoms with Crippen LogP contribution >= 0.6 is 15.9 Å². The third kappa shape index (κ3) is 5.40. The van der Waals surface area contributed by atoms with Crippen LogP contribution in [0.3, 0.4) is 0 Å². The number of amides is 1. The van der Waals surface area contributed by atoms with Gasteiger partial charge in [-0.1, -0.05) is 6.07 Å². The summed E-state index contributed by atoms with van der Waals surface area (Å²) in [4.78, 5) is 30.2. The first-order chi connectivity index (χ1) is 10.2. The Bertz CT molecular complexity index is 565. The fraction of sp³-hybridized carbons (Fsp3) is 0.562. The number of halogens is 1. The van der Waals surface area contributed by atoms with Crippen LogP contribution in [-0.2, 0) is 16.0 Å². The minimum atomic E-state index is -0.556. The van der Waals surface area contributed by atoms with Crippen molar-refractivity contribution in [3.05, 3.63) is 28.5 Å². The average molecular weight is 369 g/mol. The summed E-state index contributed by atoms with van der Waals surface area (Å²) in [5.74, 6) is -0.0386. The van der Waals surface area contributed by atoms with Crippen molar-refractivity contribution in [2.75, 3.05) is 6.54 Å². The van der Waals surface area contributed by atoms with Gasteiger partial charge in [-0.3, -0.25) is 9.69 Å². The number of aromatic nitrogens is 1. The molecule has 0 N–H and O–H groups in total. The summed E-state index contributed by atoms with van der Waals surface area (Å²) in [7, 11) is 0. The van der Waals surface area contributed by atoms with Crippen molar-refractivity contribution < 1.29 is 14.3 Å². The number of hydrogen-bond donors (Lipinski definition) is 0. The molecule has 1 fully saturated rings. The van der Waals surface area contributed by atoms with Gasteiger partial charge in [0.15, 0.2) is 5.78 Å². The Kier molecular flexibility index (Phi) is 5.21. The highest BCUT2D eigenvalue weighted by molar-refractivity contribution is 9.10. The van der Waals surface area contributed by atoms with Crippen LogP contribution in [0, 0.1) is 0 Å². The predicted octanol–water partition coefficient (Wildman–Crippen LogP) is 3.36. The Morgan fingerprint density at radius 1 is 1.36 bits per heavy atom. The van der Waals surface area contributed by atoms with Crippen molar-refractivity contribution in [2.24, 2.45) is 0 Å². The molecule has 1 aliphatic rings. The third-order valence-electron chi connectivity index (χ3n) is 3.11. The molecular weight excluding hydrogens is 348 g/mol. The quantitative estimate of drug-likeness (QED) is 0.747. The number of carbonyl (C=O) groups excluding carboxylic acids is 2. The van der Waals surface area contributed by atoms with Crippen LogP contribution in [-0.4, -0.2) is 39.9 Å². The molecule has 1 aromatic heterocycles. The smallest absolute Gasteiger partial charge is 0.410 e. The number of nitrogens with zero attached hydrogens (tertiary/aromatic N) is 2. The molecule has 0 aromatic carbocycles. The molecule has 0 atom stereocenters. The van der Waals surface area contributed by atoms with E-state index in [1.165, 1.54) is 0 Å². The lowest BCUT2D eigenvalue weighted by molar-refractivity contribution is -0.119. The van der Waals surface area contributed by atoms with Crippen LogP contribution in [0.4, 0.5) is 4.79 Å². The van der Waals surface area contributed by atoms with Gasteiger partial charge in [0.1, 0.15) is 10.2 Å². The van der Waals surface area contributed by atoms with Crippen LogP contribution in [0.15, 0.2) is 22.8 Å². The van der Waals surface area contributed by atoms with E-state index in [0.717, 1.165) is 12.8 Å². The molecule has 1 heterocycles. The number of pyridine rings is 1. The molecule has 1 amide bonds. The Labute approximate surface area is 139 Å². The second-order valence-corrected chi connectivity index (χ2v) is 7.32. The summed E-state index contributed by atoms with van der Waals surface area (Å²) < 4.78 is 6.08. The monoisotopic (exact) mass is 368 g/mol. The SMILES string of the molecule is CC(C)(C)OC(=O)N(CC(=O)Cc1cccc(Br)n1)C1CC1. The van der Waals surface area contributed by atoms with Crippen molar-refractivity contribution in [2.45, 2.75) is 51.7 Å². The summed E-state index contributed by atoms with van der Waals surface area (Å²) in [6.07, 6.45) is 1.67.